The number of carbonyl (C=O) groups is 2. The topological polar surface area (TPSA) is 74.6 Å². The highest BCUT2D eigenvalue weighted by Crippen LogP contribution is 2.21. The van der Waals surface area contributed by atoms with E-state index in [1.165, 1.54) is 70.3 Å². The van der Waals surface area contributed by atoms with Gasteiger partial charge in [-0.05, 0) is 37.0 Å². The molecule has 0 saturated heterocycles. The van der Waals surface area contributed by atoms with Crippen molar-refractivity contribution in [3.05, 3.63) is 34.4 Å². The molecule has 0 spiro atoms. The summed E-state index contributed by atoms with van der Waals surface area (Å²) in [5, 5.41) is 18.6. The number of unbranched alkanes of at least 4 members (excludes halogenated alkanes) is 11. The molecule has 0 aliphatic heterocycles. The molecule has 0 aliphatic carbocycles. The van der Waals surface area contributed by atoms with E-state index in [-0.39, 0.29) is 11.1 Å². The zero-order valence-electron chi connectivity index (χ0n) is 17.1. The van der Waals surface area contributed by atoms with Crippen molar-refractivity contribution in [3.8, 4) is 0 Å². The Balaban J connectivity index is 2.26. The smallest absolute Gasteiger partial charge is 0.336 e. The molecule has 0 aliphatic rings. The van der Waals surface area contributed by atoms with Crippen LogP contribution in [0.25, 0.3) is 0 Å². The van der Waals surface area contributed by atoms with Gasteiger partial charge < -0.3 is 10.2 Å². The van der Waals surface area contributed by atoms with Crippen molar-refractivity contribution in [2.45, 2.75) is 97.3 Å². The molecule has 0 radical (unpaired) electrons. The van der Waals surface area contributed by atoms with Gasteiger partial charge in [-0.3, -0.25) is 0 Å². The van der Waals surface area contributed by atoms with Crippen molar-refractivity contribution in [3.63, 3.8) is 0 Å². The summed E-state index contributed by atoms with van der Waals surface area (Å²) in [6.45, 7) is 3.83. The van der Waals surface area contributed by atoms with E-state index in [9.17, 15) is 14.7 Å². The van der Waals surface area contributed by atoms with Crippen molar-refractivity contribution >= 4 is 11.9 Å². The first-order chi connectivity index (χ1) is 13.0. The molecule has 1 rings (SSSR count). The highest BCUT2D eigenvalue weighted by atomic mass is 16.4. The van der Waals surface area contributed by atoms with Gasteiger partial charge in [-0.25, -0.2) is 9.59 Å². The van der Waals surface area contributed by atoms with Crippen molar-refractivity contribution in [1.82, 2.24) is 0 Å². The lowest BCUT2D eigenvalue weighted by Gasteiger charge is -2.11. The highest BCUT2D eigenvalue weighted by molar-refractivity contribution is 5.97. The number of aromatic carboxylic acids is 2. The first kappa shape index (κ1) is 23.2. The molecule has 152 valence electrons. The fourth-order valence-electron chi connectivity index (χ4n) is 3.66. The van der Waals surface area contributed by atoms with Crippen LogP contribution >= 0.6 is 0 Å². The largest absolute Gasteiger partial charge is 0.478 e. The molecule has 0 amide bonds. The molecule has 2 N–H and O–H groups in total. The van der Waals surface area contributed by atoms with Gasteiger partial charge in [-0.1, -0.05) is 83.6 Å². The number of hydrogen-bond acceptors (Lipinski definition) is 2. The molecule has 0 atom stereocenters. The second-order valence-corrected chi connectivity index (χ2v) is 7.52. The third kappa shape index (κ3) is 8.59. The van der Waals surface area contributed by atoms with Crippen molar-refractivity contribution < 1.29 is 19.8 Å². The van der Waals surface area contributed by atoms with Gasteiger partial charge in [0.15, 0.2) is 0 Å². The molecule has 1 aromatic rings. The zero-order valence-corrected chi connectivity index (χ0v) is 17.1. The number of carboxylic acids is 2. The Morgan fingerprint density at radius 3 is 1.67 bits per heavy atom. The first-order valence-electron chi connectivity index (χ1n) is 10.6. The molecule has 4 nitrogen and oxygen atoms in total. The Kier molecular flexibility index (Phi) is 11.5. The third-order valence-corrected chi connectivity index (χ3v) is 5.30. The second-order valence-electron chi connectivity index (χ2n) is 7.52. The molecule has 0 aromatic heterocycles. The molecule has 4 heteroatoms. The van der Waals surface area contributed by atoms with Crippen LogP contribution in [0.4, 0.5) is 0 Å². The number of benzene rings is 1. The van der Waals surface area contributed by atoms with Crippen molar-refractivity contribution in [1.29, 1.82) is 0 Å². The lowest BCUT2D eigenvalue weighted by atomic mass is 9.93. The quantitative estimate of drug-likeness (QED) is 0.337. The van der Waals surface area contributed by atoms with Gasteiger partial charge >= 0.3 is 11.9 Å². The van der Waals surface area contributed by atoms with E-state index in [1.54, 1.807) is 13.0 Å². The summed E-state index contributed by atoms with van der Waals surface area (Å²) in [6, 6.07) is 3.19. The van der Waals surface area contributed by atoms with Gasteiger partial charge in [-0.15, -0.1) is 0 Å². The third-order valence-electron chi connectivity index (χ3n) is 5.30. The standard InChI is InChI=1S/C23H36O4/c1-3-4-5-6-7-8-9-10-11-12-13-14-15-19-16-17-20(22(24)25)18(2)21(19)23(26)27/h16-17H,3-15H2,1-2H3,(H,24,25)(H,26,27). The van der Waals surface area contributed by atoms with Crippen LogP contribution in [0, 0.1) is 6.92 Å². The minimum absolute atomic E-state index is 0.0749. The van der Waals surface area contributed by atoms with Crippen LogP contribution in [0.3, 0.4) is 0 Å². The molecule has 0 heterocycles. The first-order valence-corrected chi connectivity index (χ1v) is 10.6. The van der Waals surface area contributed by atoms with Gasteiger partial charge in [0.2, 0.25) is 0 Å². The predicted molar refractivity (Wildman–Crippen MR) is 110 cm³/mol. The predicted octanol–water partition coefficient (Wildman–Crippen LogP) is 6.64. The minimum Gasteiger partial charge on any atom is -0.478 e. The van der Waals surface area contributed by atoms with E-state index in [2.05, 4.69) is 6.92 Å². The highest BCUT2D eigenvalue weighted by Gasteiger charge is 2.18. The lowest BCUT2D eigenvalue weighted by molar-refractivity contribution is 0.0695. The van der Waals surface area contributed by atoms with Crippen LogP contribution in [-0.2, 0) is 6.42 Å². The summed E-state index contributed by atoms with van der Waals surface area (Å²) in [6.07, 6.45) is 15.9. The number of rotatable bonds is 15. The van der Waals surface area contributed by atoms with Crippen LogP contribution in [0.1, 0.15) is 116 Å². The van der Waals surface area contributed by atoms with Crippen molar-refractivity contribution in [2.24, 2.45) is 0 Å². The second kappa shape index (κ2) is 13.3. The number of carboxylic acid groups (broad SMARTS) is 2. The summed E-state index contributed by atoms with van der Waals surface area (Å²) in [7, 11) is 0. The van der Waals surface area contributed by atoms with Crippen molar-refractivity contribution in [2.75, 3.05) is 0 Å². The van der Waals surface area contributed by atoms with E-state index < -0.39 is 11.9 Å². The Labute approximate surface area is 164 Å². The van der Waals surface area contributed by atoms with Gasteiger partial charge in [-0.2, -0.15) is 0 Å². The van der Waals surface area contributed by atoms with Crippen LogP contribution < -0.4 is 0 Å². The van der Waals surface area contributed by atoms with E-state index in [0.29, 0.717) is 12.0 Å². The van der Waals surface area contributed by atoms with Gasteiger partial charge in [0.1, 0.15) is 0 Å². The molecule has 0 bridgehead atoms. The van der Waals surface area contributed by atoms with Crippen LogP contribution in [0.15, 0.2) is 12.1 Å². The average molecular weight is 377 g/mol. The van der Waals surface area contributed by atoms with Gasteiger partial charge in [0.05, 0.1) is 11.1 Å². The molecule has 0 unspecified atom stereocenters. The molecule has 27 heavy (non-hydrogen) atoms. The van der Waals surface area contributed by atoms with E-state index in [4.69, 9.17) is 5.11 Å². The van der Waals surface area contributed by atoms with Crippen LogP contribution in [-0.4, -0.2) is 22.2 Å². The zero-order chi connectivity index (χ0) is 20.1. The maximum Gasteiger partial charge on any atom is 0.336 e. The SMILES string of the molecule is CCCCCCCCCCCCCCc1ccc(C(=O)O)c(C)c1C(=O)O. The van der Waals surface area contributed by atoms with Gasteiger partial charge in [0, 0.05) is 0 Å². The summed E-state index contributed by atoms with van der Waals surface area (Å²) >= 11 is 0. The van der Waals surface area contributed by atoms with E-state index in [0.717, 1.165) is 18.4 Å². The maximum atomic E-state index is 11.5. The fourth-order valence-corrected chi connectivity index (χ4v) is 3.66. The average Bonchev–Trinajstić information content (AvgIpc) is 2.62. The Morgan fingerprint density at radius 2 is 1.22 bits per heavy atom. The molecule has 1 aromatic carbocycles. The summed E-state index contributed by atoms with van der Waals surface area (Å²) < 4.78 is 0. The van der Waals surface area contributed by atoms with Crippen LogP contribution in [0.5, 0.6) is 0 Å². The molecule has 0 fully saturated rings. The molecular weight excluding hydrogens is 340 g/mol. The monoisotopic (exact) mass is 376 g/mol. The van der Waals surface area contributed by atoms with Gasteiger partial charge in [0.25, 0.3) is 0 Å². The molecule has 0 saturated carbocycles. The van der Waals surface area contributed by atoms with E-state index in [1.807, 2.05) is 0 Å². The van der Waals surface area contributed by atoms with E-state index >= 15 is 0 Å². The Bertz CT molecular complexity index is 592. The Hall–Kier alpha value is -1.84. The minimum atomic E-state index is -1.08. The number of hydrogen-bond donors (Lipinski definition) is 2. The normalized spacial score (nSPS) is 10.9. The van der Waals surface area contributed by atoms with Crippen LogP contribution in [0.2, 0.25) is 0 Å². The lowest BCUT2D eigenvalue weighted by Crippen LogP contribution is -2.10. The fraction of sp³-hybridized carbons (Fsp3) is 0.652. The summed E-state index contributed by atoms with van der Waals surface area (Å²) in [4.78, 5) is 22.7. The summed E-state index contributed by atoms with van der Waals surface area (Å²) in [5.41, 5.74) is 1.34. The molecular formula is C23H36O4. The Morgan fingerprint density at radius 1 is 0.741 bits per heavy atom. The maximum absolute atomic E-state index is 11.5. The summed E-state index contributed by atoms with van der Waals surface area (Å²) in [5.74, 6) is -2.11. The number of aryl methyl sites for hydroxylation is 1.